The Hall–Kier alpha value is -2.76. The molecule has 0 unspecified atom stereocenters. The molecule has 2 aromatic carbocycles. The Morgan fingerprint density at radius 2 is 1.73 bits per heavy atom. The molecule has 1 saturated heterocycles. The Morgan fingerprint density at radius 1 is 1.07 bits per heavy atom. The first-order valence-corrected chi connectivity index (χ1v) is 16.8. The molecule has 0 radical (unpaired) electrons. The monoisotopic (exact) mass is 580 g/mol. The van der Waals surface area contributed by atoms with E-state index in [1.807, 2.05) is 12.1 Å². The second kappa shape index (κ2) is 13.7. The van der Waals surface area contributed by atoms with Crippen molar-refractivity contribution in [3.63, 3.8) is 0 Å². The second-order valence-corrected chi connectivity index (χ2v) is 16.5. The summed E-state index contributed by atoms with van der Waals surface area (Å²) in [6, 6.07) is 22.6. The molecule has 4 rings (SSSR count). The molecule has 1 aliphatic heterocycles. The maximum atomic E-state index is 12.8. The van der Waals surface area contributed by atoms with Crippen molar-refractivity contribution in [1.29, 1.82) is 0 Å². The number of thioether (sulfide) groups is 1. The molecule has 214 valence electrons. The maximum absolute atomic E-state index is 12.8. The number of benzene rings is 2. The van der Waals surface area contributed by atoms with Crippen LogP contribution in [0, 0.1) is 0 Å². The first-order valence-electron chi connectivity index (χ1n) is 13.9. The van der Waals surface area contributed by atoms with E-state index in [0.717, 1.165) is 19.3 Å². The number of rotatable bonds is 12. The Bertz CT molecular complexity index is 1260. The van der Waals surface area contributed by atoms with E-state index in [9.17, 15) is 9.59 Å². The van der Waals surface area contributed by atoms with Crippen LogP contribution in [0.1, 0.15) is 52.7 Å². The molecule has 0 spiro atoms. The first kappa shape index (κ1) is 30.2. The summed E-state index contributed by atoms with van der Waals surface area (Å²) in [6.07, 6.45) is 4.10. The van der Waals surface area contributed by atoms with Crippen LogP contribution in [0.25, 0.3) is 0 Å². The molecule has 10 heteroatoms. The van der Waals surface area contributed by atoms with Crippen LogP contribution in [0.3, 0.4) is 0 Å². The normalized spacial score (nSPS) is 17.6. The second-order valence-electron chi connectivity index (χ2n) is 11.0. The van der Waals surface area contributed by atoms with E-state index in [1.165, 1.54) is 14.9 Å². The summed E-state index contributed by atoms with van der Waals surface area (Å²) in [7, 11) is -2.69. The highest BCUT2D eigenvalue weighted by atomic mass is 32.2. The SMILES string of the molecule is CC(C)(C)[Si](OC[C@H]1O[C@@H](n2ccc(NC(=O)CCCCCN)nc2=O)CS1)(c1ccccc1)c1ccccc1. The van der Waals surface area contributed by atoms with Crippen LogP contribution < -0.4 is 27.1 Å². The molecule has 0 aliphatic carbocycles. The highest BCUT2D eigenvalue weighted by molar-refractivity contribution is 8.00. The fourth-order valence-corrected chi connectivity index (χ4v) is 10.8. The lowest BCUT2D eigenvalue weighted by molar-refractivity contribution is -0.116. The number of nitrogens with zero attached hydrogens (tertiary/aromatic N) is 2. The van der Waals surface area contributed by atoms with Crippen LogP contribution in [0.2, 0.25) is 5.04 Å². The quantitative estimate of drug-likeness (QED) is 0.247. The molecule has 0 saturated carbocycles. The van der Waals surface area contributed by atoms with Crippen LogP contribution >= 0.6 is 11.8 Å². The number of unbranched alkanes of at least 4 members (excludes halogenated alkanes) is 2. The van der Waals surface area contributed by atoms with Crippen LogP contribution in [0.15, 0.2) is 77.7 Å². The van der Waals surface area contributed by atoms with Crippen LogP contribution in [0.5, 0.6) is 0 Å². The summed E-state index contributed by atoms with van der Waals surface area (Å²) < 4.78 is 14.8. The smallest absolute Gasteiger partial charge is 0.351 e. The van der Waals surface area contributed by atoms with E-state index >= 15 is 0 Å². The molecule has 8 nitrogen and oxygen atoms in total. The number of carbonyl (C=O) groups excluding carboxylic acids is 1. The largest absolute Gasteiger partial charge is 0.404 e. The van der Waals surface area contributed by atoms with Crippen molar-refractivity contribution in [1.82, 2.24) is 9.55 Å². The number of ether oxygens (including phenoxy) is 1. The summed E-state index contributed by atoms with van der Waals surface area (Å²) >= 11 is 1.63. The Morgan fingerprint density at radius 3 is 2.30 bits per heavy atom. The molecule has 1 aliphatic rings. The van der Waals surface area contributed by atoms with Gasteiger partial charge in [-0.3, -0.25) is 9.36 Å². The van der Waals surface area contributed by atoms with E-state index < -0.39 is 20.2 Å². The fourth-order valence-electron chi connectivity index (χ4n) is 5.14. The van der Waals surface area contributed by atoms with Crippen molar-refractivity contribution >= 4 is 42.2 Å². The zero-order valence-electron chi connectivity index (χ0n) is 23.5. The highest BCUT2D eigenvalue weighted by Gasteiger charge is 2.50. The van der Waals surface area contributed by atoms with Crippen molar-refractivity contribution < 1.29 is 14.0 Å². The van der Waals surface area contributed by atoms with Gasteiger partial charge in [-0.2, -0.15) is 4.98 Å². The zero-order valence-corrected chi connectivity index (χ0v) is 25.4. The van der Waals surface area contributed by atoms with Gasteiger partial charge in [0.05, 0.1) is 6.61 Å². The number of carbonyl (C=O) groups is 1. The van der Waals surface area contributed by atoms with Crippen LogP contribution in [0.4, 0.5) is 5.82 Å². The number of anilines is 1. The van der Waals surface area contributed by atoms with Crippen molar-refractivity contribution in [3.8, 4) is 0 Å². The van der Waals surface area contributed by atoms with Gasteiger partial charge in [-0.1, -0.05) is 87.9 Å². The van der Waals surface area contributed by atoms with Crippen molar-refractivity contribution in [2.75, 3.05) is 24.2 Å². The average molecular weight is 581 g/mol. The van der Waals surface area contributed by atoms with Gasteiger partial charge in [0.1, 0.15) is 17.5 Å². The number of nitrogens with one attached hydrogen (secondary N) is 1. The summed E-state index contributed by atoms with van der Waals surface area (Å²) in [5.74, 6) is 0.695. The topological polar surface area (TPSA) is 108 Å². The number of aromatic nitrogens is 2. The third-order valence-electron chi connectivity index (χ3n) is 7.10. The third kappa shape index (κ3) is 7.11. The van der Waals surface area contributed by atoms with Gasteiger partial charge < -0.3 is 20.2 Å². The van der Waals surface area contributed by atoms with E-state index in [0.29, 0.717) is 25.3 Å². The number of amides is 1. The molecule has 2 heterocycles. The van der Waals surface area contributed by atoms with Gasteiger partial charge in [-0.15, -0.1) is 11.8 Å². The molecule has 40 heavy (non-hydrogen) atoms. The van der Waals surface area contributed by atoms with E-state index in [2.05, 4.69) is 79.6 Å². The van der Waals surface area contributed by atoms with Crippen LogP contribution in [-0.2, 0) is 14.0 Å². The fraction of sp³-hybridized carbons (Fsp3) is 0.433. The van der Waals surface area contributed by atoms with Gasteiger partial charge in [0, 0.05) is 18.4 Å². The van der Waals surface area contributed by atoms with Crippen molar-refractivity contribution in [3.05, 3.63) is 83.4 Å². The predicted molar refractivity (Wildman–Crippen MR) is 165 cm³/mol. The minimum atomic E-state index is -2.69. The Balaban J connectivity index is 1.44. The van der Waals surface area contributed by atoms with Gasteiger partial charge in [0.15, 0.2) is 0 Å². The lowest BCUT2D eigenvalue weighted by Gasteiger charge is -2.43. The average Bonchev–Trinajstić information content (AvgIpc) is 3.41. The van der Waals surface area contributed by atoms with Gasteiger partial charge in [0.25, 0.3) is 8.32 Å². The van der Waals surface area contributed by atoms with Crippen LogP contribution in [-0.4, -0.2) is 48.1 Å². The summed E-state index contributed by atoms with van der Waals surface area (Å²) in [6.45, 7) is 7.76. The van der Waals surface area contributed by atoms with E-state index in [4.69, 9.17) is 14.9 Å². The standard InChI is InChI=1S/C30H40N4O4SSi/c1-30(2,3)40(23-13-7-4-8-14-23,24-15-9-5-10-16-24)37-21-28-38-27(22-39-28)34-20-18-25(33-29(34)36)32-26(35)17-11-6-12-19-31/h4-5,7-10,13-16,18,20,27-28H,6,11-12,17,19,21-22,31H2,1-3H3,(H,32,33,35,36)/t27-,28+/m1/s1. The first-order chi connectivity index (χ1) is 19.2. The highest BCUT2D eigenvalue weighted by Crippen LogP contribution is 2.38. The molecule has 1 fully saturated rings. The van der Waals surface area contributed by atoms with Gasteiger partial charge in [0.2, 0.25) is 5.91 Å². The van der Waals surface area contributed by atoms with E-state index in [-0.39, 0.29) is 22.2 Å². The van der Waals surface area contributed by atoms with Gasteiger partial charge in [-0.25, -0.2) is 4.79 Å². The molecule has 1 aromatic heterocycles. The molecular formula is C30H40N4O4SSi. The number of hydrogen-bond donors (Lipinski definition) is 2. The van der Waals surface area contributed by atoms with Gasteiger partial charge >= 0.3 is 5.69 Å². The summed E-state index contributed by atoms with van der Waals surface area (Å²) in [5, 5.41) is 5.00. The lowest BCUT2D eigenvalue weighted by atomic mass is 10.2. The summed E-state index contributed by atoms with van der Waals surface area (Å²) in [5.41, 5.74) is 4.81. The van der Waals surface area contributed by atoms with Crippen molar-refractivity contribution in [2.24, 2.45) is 5.73 Å². The Kier molecular flexibility index (Phi) is 10.4. The number of hydrogen-bond acceptors (Lipinski definition) is 7. The van der Waals surface area contributed by atoms with E-state index in [1.54, 1.807) is 24.0 Å². The minimum Gasteiger partial charge on any atom is -0.404 e. The lowest BCUT2D eigenvalue weighted by Crippen LogP contribution is -2.67. The molecule has 3 N–H and O–H groups in total. The molecule has 2 atom stereocenters. The molecule has 1 amide bonds. The van der Waals surface area contributed by atoms with Gasteiger partial charge in [-0.05, 0) is 40.9 Å². The zero-order chi connectivity index (χ0) is 28.6. The predicted octanol–water partition coefficient (Wildman–Crippen LogP) is 3.87. The molecule has 3 aromatic rings. The minimum absolute atomic E-state index is 0.135. The van der Waals surface area contributed by atoms with Crippen molar-refractivity contribution in [2.45, 2.75) is 63.2 Å². The molecule has 0 bridgehead atoms. The molecular weight excluding hydrogens is 541 g/mol. The Labute approximate surface area is 241 Å². The summed E-state index contributed by atoms with van der Waals surface area (Å²) in [4.78, 5) is 29.0. The number of nitrogens with two attached hydrogens (primary N) is 1. The maximum Gasteiger partial charge on any atom is 0.351 e. The third-order valence-corrected chi connectivity index (χ3v) is 13.2.